The summed E-state index contributed by atoms with van der Waals surface area (Å²) in [5, 5.41) is 2.89. The number of H-pyrrole nitrogens is 1. The van der Waals surface area contributed by atoms with E-state index in [9.17, 15) is 9.59 Å². The fourth-order valence-corrected chi connectivity index (χ4v) is 3.55. The van der Waals surface area contributed by atoms with Gasteiger partial charge in [-0.3, -0.25) is 9.69 Å². The molecule has 2 amide bonds. The molecule has 0 atom stereocenters. The molecule has 144 valence electrons. The maximum absolute atomic E-state index is 12.5. The van der Waals surface area contributed by atoms with Crippen LogP contribution in [0.3, 0.4) is 0 Å². The third-order valence-electron chi connectivity index (χ3n) is 5.06. The number of nitrogens with zero attached hydrogens (tertiary/aromatic N) is 2. The van der Waals surface area contributed by atoms with Gasteiger partial charge in [0.2, 0.25) is 0 Å². The number of hydrogen-bond donors (Lipinski definition) is 2. The molecule has 1 aromatic carbocycles. The molecule has 3 rings (SSSR count). The number of rotatable bonds is 4. The second kappa shape index (κ2) is 8.39. The first-order valence-corrected chi connectivity index (χ1v) is 9.42. The zero-order valence-electron chi connectivity index (χ0n) is 16.3. The number of urea groups is 1. The molecule has 0 spiro atoms. The lowest BCUT2D eigenvalue weighted by atomic mass is 10.1. The normalized spacial score (nSPS) is 15.0. The highest BCUT2D eigenvalue weighted by Crippen LogP contribution is 2.11. The number of piperazine rings is 1. The van der Waals surface area contributed by atoms with Crippen LogP contribution < -0.4 is 10.9 Å². The van der Waals surface area contributed by atoms with Gasteiger partial charge in [-0.05, 0) is 38.0 Å². The summed E-state index contributed by atoms with van der Waals surface area (Å²) >= 11 is 0. The van der Waals surface area contributed by atoms with Gasteiger partial charge in [0, 0.05) is 44.0 Å². The molecule has 0 unspecified atom stereocenters. The minimum atomic E-state index is -0.129. The van der Waals surface area contributed by atoms with Gasteiger partial charge in [-0.25, -0.2) is 4.79 Å². The van der Waals surface area contributed by atoms with E-state index >= 15 is 0 Å². The predicted octanol–water partition coefficient (Wildman–Crippen LogP) is 2.33. The van der Waals surface area contributed by atoms with Crippen molar-refractivity contribution in [1.29, 1.82) is 0 Å². The zero-order valence-corrected chi connectivity index (χ0v) is 16.3. The zero-order chi connectivity index (χ0) is 19.4. The Balaban J connectivity index is 1.49. The van der Waals surface area contributed by atoms with Crippen LogP contribution in [0.2, 0.25) is 0 Å². The molecule has 6 nitrogen and oxygen atoms in total. The molecule has 2 heterocycles. The number of benzene rings is 1. The Hall–Kier alpha value is -2.60. The summed E-state index contributed by atoms with van der Waals surface area (Å²) in [5.41, 5.74) is 4.80. The standard InChI is InChI=1S/C21H28N4O2/c1-15-5-4-6-18(11-15)14-24-7-9-25(10-8-24)21(27)22-13-19-16(2)12-17(3)23-20(19)26/h4-6,11-12H,7-10,13-14H2,1-3H3,(H,22,27)(H,23,26). The van der Waals surface area contributed by atoms with Crippen LogP contribution in [0, 0.1) is 20.8 Å². The molecule has 6 heteroatoms. The minimum absolute atomic E-state index is 0.107. The highest BCUT2D eigenvalue weighted by Gasteiger charge is 2.21. The number of pyridine rings is 1. The maximum atomic E-state index is 12.5. The van der Waals surface area contributed by atoms with Crippen molar-refractivity contribution in [3.05, 3.63) is 68.6 Å². The van der Waals surface area contributed by atoms with Crippen molar-refractivity contribution in [2.75, 3.05) is 26.2 Å². The molecule has 0 aliphatic carbocycles. The smallest absolute Gasteiger partial charge is 0.317 e. The van der Waals surface area contributed by atoms with Gasteiger partial charge >= 0.3 is 6.03 Å². The molecule has 1 saturated heterocycles. The van der Waals surface area contributed by atoms with Gasteiger partial charge in [0.1, 0.15) is 0 Å². The van der Waals surface area contributed by atoms with Gasteiger partial charge in [0.15, 0.2) is 0 Å². The van der Waals surface area contributed by atoms with Crippen LogP contribution in [0.1, 0.15) is 27.9 Å². The minimum Gasteiger partial charge on any atom is -0.334 e. The molecular formula is C21H28N4O2. The summed E-state index contributed by atoms with van der Waals surface area (Å²) in [6.45, 7) is 10.1. The van der Waals surface area contributed by atoms with E-state index in [2.05, 4.69) is 46.4 Å². The van der Waals surface area contributed by atoms with Crippen LogP contribution in [0.4, 0.5) is 4.79 Å². The van der Waals surface area contributed by atoms with Gasteiger partial charge < -0.3 is 15.2 Å². The van der Waals surface area contributed by atoms with Crippen LogP contribution >= 0.6 is 0 Å². The largest absolute Gasteiger partial charge is 0.334 e. The van der Waals surface area contributed by atoms with Crippen molar-refractivity contribution < 1.29 is 4.79 Å². The highest BCUT2D eigenvalue weighted by molar-refractivity contribution is 5.74. The topological polar surface area (TPSA) is 68.4 Å². The summed E-state index contributed by atoms with van der Waals surface area (Å²) in [5.74, 6) is 0. The van der Waals surface area contributed by atoms with Gasteiger partial charge in [-0.1, -0.05) is 29.8 Å². The summed E-state index contributed by atoms with van der Waals surface area (Å²) in [7, 11) is 0. The Morgan fingerprint density at radius 2 is 1.85 bits per heavy atom. The third-order valence-corrected chi connectivity index (χ3v) is 5.06. The summed E-state index contributed by atoms with van der Waals surface area (Å²) < 4.78 is 0. The van der Waals surface area contributed by atoms with E-state index in [1.807, 2.05) is 24.8 Å². The second-order valence-corrected chi connectivity index (χ2v) is 7.35. The Morgan fingerprint density at radius 1 is 1.11 bits per heavy atom. The second-order valence-electron chi connectivity index (χ2n) is 7.35. The predicted molar refractivity (Wildman–Crippen MR) is 107 cm³/mol. The van der Waals surface area contributed by atoms with Gasteiger partial charge in [0.25, 0.3) is 5.56 Å². The number of aromatic nitrogens is 1. The van der Waals surface area contributed by atoms with E-state index in [0.29, 0.717) is 18.7 Å². The average Bonchev–Trinajstić information content (AvgIpc) is 2.61. The number of hydrogen-bond acceptors (Lipinski definition) is 3. The quantitative estimate of drug-likeness (QED) is 0.870. The van der Waals surface area contributed by atoms with Crippen molar-refractivity contribution in [3.63, 3.8) is 0 Å². The summed E-state index contributed by atoms with van der Waals surface area (Å²) in [4.78, 5) is 31.5. The molecule has 0 radical (unpaired) electrons. The number of aromatic amines is 1. The lowest BCUT2D eigenvalue weighted by molar-refractivity contribution is 0.135. The van der Waals surface area contributed by atoms with Gasteiger partial charge in [-0.2, -0.15) is 0 Å². The molecule has 1 aliphatic rings. The van der Waals surface area contributed by atoms with Gasteiger partial charge in [0.05, 0.1) is 6.54 Å². The fourth-order valence-electron chi connectivity index (χ4n) is 3.55. The first-order valence-electron chi connectivity index (χ1n) is 9.42. The molecule has 1 aliphatic heterocycles. The molecule has 2 aromatic rings. The Labute approximate surface area is 160 Å². The van der Waals surface area contributed by atoms with E-state index in [1.54, 1.807) is 0 Å². The Kier molecular flexibility index (Phi) is 5.96. The Bertz CT molecular complexity index is 867. The summed E-state index contributed by atoms with van der Waals surface area (Å²) in [6.07, 6.45) is 0. The van der Waals surface area contributed by atoms with E-state index in [4.69, 9.17) is 0 Å². The number of amides is 2. The molecule has 0 saturated carbocycles. The van der Waals surface area contributed by atoms with Crippen molar-refractivity contribution >= 4 is 6.03 Å². The Morgan fingerprint density at radius 3 is 2.52 bits per heavy atom. The van der Waals surface area contributed by atoms with Crippen LogP contribution in [0.15, 0.2) is 35.1 Å². The van der Waals surface area contributed by atoms with E-state index in [0.717, 1.165) is 30.9 Å². The first-order chi connectivity index (χ1) is 12.9. The van der Waals surface area contributed by atoms with Crippen molar-refractivity contribution in [2.24, 2.45) is 0 Å². The SMILES string of the molecule is Cc1cccc(CN2CCN(C(=O)NCc3c(C)cc(C)[nH]c3=O)CC2)c1. The molecular weight excluding hydrogens is 340 g/mol. The molecule has 27 heavy (non-hydrogen) atoms. The lowest BCUT2D eigenvalue weighted by Gasteiger charge is -2.34. The number of carbonyl (C=O) groups is 1. The number of nitrogens with one attached hydrogen (secondary N) is 2. The van der Waals surface area contributed by atoms with Crippen LogP contribution in [0.5, 0.6) is 0 Å². The number of aryl methyl sites for hydroxylation is 3. The van der Waals surface area contributed by atoms with E-state index in [1.165, 1.54) is 11.1 Å². The maximum Gasteiger partial charge on any atom is 0.317 e. The molecule has 0 bridgehead atoms. The summed E-state index contributed by atoms with van der Waals surface area (Å²) in [6, 6.07) is 10.4. The van der Waals surface area contributed by atoms with Crippen molar-refractivity contribution in [1.82, 2.24) is 20.1 Å². The van der Waals surface area contributed by atoms with Crippen molar-refractivity contribution in [2.45, 2.75) is 33.9 Å². The number of carbonyl (C=O) groups excluding carboxylic acids is 1. The first kappa shape index (κ1) is 19.2. The molecule has 1 aromatic heterocycles. The fraction of sp³-hybridized carbons (Fsp3) is 0.429. The lowest BCUT2D eigenvalue weighted by Crippen LogP contribution is -2.51. The van der Waals surface area contributed by atoms with E-state index in [-0.39, 0.29) is 18.1 Å². The molecule has 1 fully saturated rings. The van der Waals surface area contributed by atoms with Crippen LogP contribution in [0.25, 0.3) is 0 Å². The van der Waals surface area contributed by atoms with Crippen molar-refractivity contribution in [3.8, 4) is 0 Å². The monoisotopic (exact) mass is 368 g/mol. The average molecular weight is 368 g/mol. The van der Waals surface area contributed by atoms with E-state index < -0.39 is 0 Å². The highest BCUT2D eigenvalue weighted by atomic mass is 16.2. The third kappa shape index (κ3) is 4.98. The molecule has 2 N–H and O–H groups in total. The van der Waals surface area contributed by atoms with Crippen LogP contribution in [-0.2, 0) is 13.1 Å². The van der Waals surface area contributed by atoms with Crippen LogP contribution in [-0.4, -0.2) is 47.0 Å². The van der Waals surface area contributed by atoms with Gasteiger partial charge in [-0.15, -0.1) is 0 Å².